The van der Waals surface area contributed by atoms with Crippen LogP contribution in [-0.4, -0.2) is 13.2 Å². The van der Waals surface area contributed by atoms with Gasteiger partial charge in [0.15, 0.2) is 0 Å². The normalized spacial score (nSPS) is 28.4. The summed E-state index contributed by atoms with van der Waals surface area (Å²) in [6.07, 6.45) is 1.10. The summed E-state index contributed by atoms with van der Waals surface area (Å²) in [7, 11) is 0. The third-order valence-corrected chi connectivity index (χ3v) is 1.83. The van der Waals surface area contributed by atoms with E-state index >= 15 is 0 Å². The zero-order valence-corrected chi connectivity index (χ0v) is 7.92. The van der Waals surface area contributed by atoms with Crippen molar-refractivity contribution in [1.29, 1.82) is 0 Å². The molecule has 0 aliphatic carbocycles. The molecule has 1 aliphatic heterocycles. The van der Waals surface area contributed by atoms with Crippen molar-refractivity contribution in [1.82, 2.24) is 0 Å². The van der Waals surface area contributed by atoms with Crippen molar-refractivity contribution < 1.29 is 4.84 Å². The molecule has 0 radical (unpaired) electrons. The molecule has 11 heavy (non-hydrogen) atoms. The highest BCUT2D eigenvalue weighted by atomic mass is 16.6. The fraction of sp³-hybridized carbons (Fsp3) is 1.00. The maximum Gasteiger partial charge on any atom is 0.126 e. The van der Waals surface area contributed by atoms with E-state index < -0.39 is 0 Å². The van der Waals surface area contributed by atoms with Gasteiger partial charge in [-0.05, 0) is 6.42 Å². The van der Waals surface area contributed by atoms with Gasteiger partial charge in [0.1, 0.15) is 6.61 Å². The van der Waals surface area contributed by atoms with E-state index in [2.05, 4.69) is 24.2 Å². The zero-order valence-electron chi connectivity index (χ0n) is 7.92. The Morgan fingerprint density at radius 2 is 2.09 bits per heavy atom. The van der Waals surface area contributed by atoms with E-state index in [1.807, 2.05) is 13.8 Å². The standard InChI is InChI=1S/C6H12N2O.C2H6/c1-3-6(2)4-7-8-9-5-6;1-2/h3-5H2,1-2H3;1-2H3. The van der Waals surface area contributed by atoms with Gasteiger partial charge in [0, 0.05) is 10.7 Å². The summed E-state index contributed by atoms with van der Waals surface area (Å²) in [4.78, 5) is 4.83. The topological polar surface area (TPSA) is 34.0 Å². The van der Waals surface area contributed by atoms with E-state index in [-0.39, 0.29) is 5.41 Å². The first-order valence-corrected chi connectivity index (χ1v) is 4.26. The summed E-state index contributed by atoms with van der Waals surface area (Å²) in [6, 6.07) is 0. The Kier molecular flexibility index (Phi) is 4.83. The van der Waals surface area contributed by atoms with E-state index in [0.29, 0.717) is 6.61 Å². The van der Waals surface area contributed by atoms with Crippen molar-refractivity contribution >= 4 is 0 Å². The molecule has 3 nitrogen and oxygen atoms in total. The van der Waals surface area contributed by atoms with Crippen LogP contribution < -0.4 is 0 Å². The van der Waals surface area contributed by atoms with Gasteiger partial charge in [0.2, 0.25) is 0 Å². The van der Waals surface area contributed by atoms with Crippen LogP contribution in [0.2, 0.25) is 0 Å². The molecule has 1 unspecified atom stereocenters. The Morgan fingerprint density at radius 3 is 2.36 bits per heavy atom. The summed E-state index contributed by atoms with van der Waals surface area (Å²) in [6.45, 7) is 9.83. The van der Waals surface area contributed by atoms with Crippen molar-refractivity contribution in [2.75, 3.05) is 13.2 Å². The fourth-order valence-electron chi connectivity index (χ4n) is 0.685. The van der Waals surface area contributed by atoms with Gasteiger partial charge in [0.25, 0.3) is 0 Å². The molecule has 0 spiro atoms. The molecule has 0 bridgehead atoms. The van der Waals surface area contributed by atoms with Crippen LogP contribution in [0.5, 0.6) is 0 Å². The smallest absolute Gasteiger partial charge is 0.126 e. The first-order valence-electron chi connectivity index (χ1n) is 4.26. The average Bonchev–Trinajstić information content (AvgIpc) is 2.10. The molecule has 0 saturated heterocycles. The molecule has 1 atom stereocenters. The maximum absolute atomic E-state index is 4.83. The average molecular weight is 158 g/mol. The molecule has 3 heteroatoms. The first-order chi connectivity index (χ1) is 5.27. The third-order valence-electron chi connectivity index (χ3n) is 1.83. The molecule has 0 aromatic carbocycles. The van der Waals surface area contributed by atoms with Crippen LogP contribution in [0.25, 0.3) is 0 Å². The minimum Gasteiger partial charge on any atom is -0.379 e. The Bertz CT molecular complexity index is 125. The van der Waals surface area contributed by atoms with Crippen LogP contribution >= 0.6 is 0 Å². The van der Waals surface area contributed by atoms with Crippen molar-refractivity contribution in [2.24, 2.45) is 15.8 Å². The van der Waals surface area contributed by atoms with E-state index in [1.54, 1.807) is 0 Å². The lowest BCUT2D eigenvalue weighted by molar-refractivity contribution is 0.0156. The molecule has 0 amide bonds. The van der Waals surface area contributed by atoms with Gasteiger partial charge in [0.05, 0.1) is 6.54 Å². The van der Waals surface area contributed by atoms with Gasteiger partial charge in [-0.15, -0.1) is 0 Å². The van der Waals surface area contributed by atoms with Gasteiger partial charge in [-0.2, -0.15) is 5.11 Å². The highest BCUT2D eigenvalue weighted by Crippen LogP contribution is 2.24. The minimum absolute atomic E-state index is 0.238. The molecule has 66 valence electrons. The van der Waals surface area contributed by atoms with Crippen molar-refractivity contribution in [2.45, 2.75) is 34.1 Å². The Morgan fingerprint density at radius 1 is 1.45 bits per heavy atom. The van der Waals surface area contributed by atoms with Gasteiger partial charge >= 0.3 is 0 Å². The molecule has 1 heterocycles. The Balaban J connectivity index is 0.000000461. The second kappa shape index (κ2) is 5.10. The number of nitrogens with zero attached hydrogens (tertiary/aromatic N) is 2. The number of hydrogen-bond acceptors (Lipinski definition) is 3. The molecular weight excluding hydrogens is 140 g/mol. The predicted molar refractivity (Wildman–Crippen MR) is 45.4 cm³/mol. The van der Waals surface area contributed by atoms with Gasteiger partial charge in [-0.3, -0.25) is 0 Å². The number of rotatable bonds is 1. The van der Waals surface area contributed by atoms with Gasteiger partial charge < -0.3 is 4.84 Å². The largest absolute Gasteiger partial charge is 0.379 e. The molecule has 0 fully saturated rings. The zero-order chi connectivity index (χ0) is 8.74. The summed E-state index contributed by atoms with van der Waals surface area (Å²) >= 11 is 0. The summed E-state index contributed by atoms with van der Waals surface area (Å²) in [5.41, 5.74) is 0.238. The lowest BCUT2D eigenvalue weighted by Gasteiger charge is -2.25. The molecule has 1 aliphatic rings. The lowest BCUT2D eigenvalue weighted by atomic mass is 9.89. The summed E-state index contributed by atoms with van der Waals surface area (Å²) < 4.78 is 0. The Labute approximate surface area is 68.8 Å². The molecular formula is C8H18N2O. The fourth-order valence-corrected chi connectivity index (χ4v) is 0.685. The second-order valence-electron chi connectivity index (χ2n) is 2.82. The predicted octanol–water partition coefficient (Wildman–Crippen LogP) is 2.83. The van der Waals surface area contributed by atoms with E-state index in [9.17, 15) is 0 Å². The molecule has 0 saturated carbocycles. The highest BCUT2D eigenvalue weighted by molar-refractivity contribution is 4.74. The molecule has 0 aromatic heterocycles. The highest BCUT2D eigenvalue weighted by Gasteiger charge is 2.25. The van der Waals surface area contributed by atoms with Crippen LogP contribution in [0.3, 0.4) is 0 Å². The first kappa shape index (κ1) is 10.4. The van der Waals surface area contributed by atoms with Crippen molar-refractivity contribution in [3.63, 3.8) is 0 Å². The van der Waals surface area contributed by atoms with Gasteiger partial charge in [-0.25, -0.2) is 0 Å². The van der Waals surface area contributed by atoms with Crippen LogP contribution in [-0.2, 0) is 4.84 Å². The SMILES string of the molecule is CC.CCC1(C)CN=NOC1. The monoisotopic (exact) mass is 158 g/mol. The second-order valence-corrected chi connectivity index (χ2v) is 2.82. The minimum atomic E-state index is 0.238. The van der Waals surface area contributed by atoms with Crippen LogP contribution in [0, 0.1) is 5.41 Å². The lowest BCUT2D eigenvalue weighted by Crippen LogP contribution is -2.27. The quantitative estimate of drug-likeness (QED) is 0.577. The molecule has 0 N–H and O–H groups in total. The molecule has 1 rings (SSSR count). The van der Waals surface area contributed by atoms with E-state index in [1.165, 1.54) is 0 Å². The number of hydrogen-bond donors (Lipinski definition) is 0. The molecule has 0 aromatic rings. The van der Waals surface area contributed by atoms with Crippen LogP contribution in [0.1, 0.15) is 34.1 Å². The van der Waals surface area contributed by atoms with E-state index in [0.717, 1.165) is 13.0 Å². The van der Waals surface area contributed by atoms with Crippen LogP contribution in [0.15, 0.2) is 10.4 Å². The third kappa shape index (κ3) is 3.35. The van der Waals surface area contributed by atoms with Crippen LogP contribution in [0.4, 0.5) is 0 Å². The van der Waals surface area contributed by atoms with Crippen molar-refractivity contribution in [3.8, 4) is 0 Å². The van der Waals surface area contributed by atoms with E-state index in [4.69, 9.17) is 4.84 Å². The van der Waals surface area contributed by atoms with Crippen molar-refractivity contribution in [3.05, 3.63) is 0 Å². The Hall–Kier alpha value is -0.600. The summed E-state index contributed by atoms with van der Waals surface area (Å²) in [5, 5.41) is 7.25. The summed E-state index contributed by atoms with van der Waals surface area (Å²) in [5.74, 6) is 0. The van der Waals surface area contributed by atoms with Gasteiger partial charge in [-0.1, -0.05) is 27.7 Å². The maximum atomic E-state index is 4.83.